The van der Waals surface area contributed by atoms with Gasteiger partial charge in [-0.3, -0.25) is 0 Å². The topological polar surface area (TPSA) is 109 Å². The highest BCUT2D eigenvalue weighted by atomic mass is 32.2. The summed E-state index contributed by atoms with van der Waals surface area (Å²) in [6, 6.07) is 4.60. The van der Waals surface area contributed by atoms with E-state index < -0.39 is 15.6 Å². The third-order valence-corrected chi connectivity index (χ3v) is 5.01. The van der Waals surface area contributed by atoms with Crippen molar-refractivity contribution in [2.24, 2.45) is 5.73 Å². The molecule has 0 aromatic carbocycles. The molecule has 20 heavy (non-hydrogen) atoms. The quantitative estimate of drug-likeness (QED) is 0.857. The summed E-state index contributed by atoms with van der Waals surface area (Å²) in [5, 5.41) is 8.64. The zero-order valence-electron chi connectivity index (χ0n) is 11.2. The van der Waals surface area contributed by atoms with Crippen LogP contribution in [-0.2, 0) is 10.0 Å². The van der Waals surface area contributed by atoms with Gasteiger partial charge in [0.15, 0.2) is 0 Å². The summed E-state index contributed by atoms with van der Waals surface area (Å²) in [4.78, 5) is 3.82. The molecule has 6 nitrogen and oxygen atoms in total. The lowest BCUT2D eigenvalue weighted by Gasteiger charge is -2.33. The van der Waals surface area contributed by atoms with Crippen LogP contribution >= 0.6 is 0 Å². The van der Waals surface area contributed by atoms with E-state index >= 15 is 0 Å². The third kappa shape index (κ3) is 3.54. The van der Waals surface area contributed by atoms with E-state index in [2.05, 4.69) is 9.71 Å². The molecule has 0 spiro atoms. The number of aromatic nitrogens is 1. The van der Waals surface area contributed by atoms with Crippen LogP contribution in [0, 0.1) is 11.3 Å². The predicted octanol–water partition coefficient (Wildman–Crippen LogP) is 0.893. The van der Waals surface area contributed by atoms with Crippen molar-refractivity contribution in [2.75, 3.05) is 6.54 Å². The van der Waals surface area contributed by atoms with Crippen molar-refractivity contribution in [1.82, 2.24) is 9.71 Å². The number of hydrogen-bond donors (Lipinski definition) is 2. The average Bonchev–Trinajstić information content (AvgIpc) is 2.46. The first-order valence-corrected chi connectivity index (χ1v) is 8.08. The van der Waals surface area contributed by atoms with Crippen LogP contribution in [0.1, 0.15) is 37.8 Å². The van der Waals surface area contributed by atoms with Gasteiger partial charge in [-0.1, -0.05) is 19.3 Å². The van der Waals surface area contributed by atoms with E-state index in [0.717, 1.165) is 32.1 Å². The van der Waals surface area contributed by atoms with E-state index in [1.807, 2.05) is 6.07 Å². The van der Waals surface area contributed by atoms with Gasteiger partial charge < -0.3 is 5.73 Å². The van der Waals surface area contributed by atoms with Crippen molar-refractivity contribution >= 4 is 10.0 Å². The lowest BCUT2D eigenvalue weighted by atomic mass is 9.83. The Kier molecular flexibility index (Phi) is 4.38. The minimum absolute atomic E-state index is 0.0518. The van der Waals surface area contributed by atoms with E-state index in [4.69, 9.17) is 11.0 Å². The minimum atomic E-state index is -3.62. The van der Waals surface area contributed by atoms with Crippen LogP contribution in [0.2, 0.25) is 0 Å². The van der Waals surface area contributed by atoms with Crippen LogP contribution < -0.4 is 10.5 Å². The molecular weight excluding hydrogens is 276 g/mol. The number of nitriles is 1. The number of sulfonamides is 1. The largest absolute Gasteiger partial charge is 0.324 e. The Morgan fingerprint density at radius 2 is 2.05 bits per heavy atom. The van der Waals surface area contributed by atoms with Crippen LogP contribution in [0.3, 0.4) is 0 Å². The van der Waals surface area contributed by atoms with Gasteiger partial charge in [0, 0.05) is 18.3 Å². The number of nitrogens with two attached hydrogens (primary N) is 1. The summed E-state index contributed by atoms with van der Waals surface area (Å²) in [5.41, 5.74) is 5.94. The smallest absolute Gasteiger partial charge is 0.242 e. The summed E-state index contributed by atoms with van der Waals surface area (Å²) in [6.07, 6.45) is 6.09. The first kappa shape index (κ1) is 14.9. The van der Waals surface area contributed by atoms with Gasteiger partial charge in [0.2, 0.25) is 10.0 Å². The SMILES string of the molecule is N#Cc1ccc(S(=O)(=O)NCC2(N)CCCCC2)cn1. The number of rotatable bonds is 4. The van der Waals surface area contributed by atoms with Gasteiger partial charge in [-0.2, -0.15) is 5.26 Å². The van der Waals surface area contributed by atoms with E-state index in [-0.39, 0.29) is 17.1 Å². The van der Waals surface area contributed by atoms with E-state index in [0.29, 0.717) is 0 Å². The van der Waals surface area contributed by atoms with Crippen molar-refractivity contribution in [1.29, 1.82) is 5.26 Å². The molecule has 1 heterocycles. The van der Waals surface area contributed by atoms with Gasteiger partial charge in [0.05, 0.1) is 0 Å². The Balaban J connectivity index is 2.05. The van der Waals surface area contributed by atoms with Crippen molar-refractivity contribution in [3.63, 3.8) is 0 Å². The fourth-order valence-corrected chi connectivity index (χ4v) is 3.44. The summed E-state index contributed by atoms with van der Waals surface area (Å²) in [6.45, 7) is 0.231. The summed E-state index contributed by atoms with van der Waals surface area (Å²) in [5.74, 6) is 0. The van der Waals surface area contributed by atoms with Crippen LogP contribution in [0.15, 0.2) is 23.2 Å². The normalized spacial score (nSPS) is 18.4. The Morgan fingerprint density at radius 1 is 1.35 bits per heavy atom. The highest BCUT2D eigenvalue weighted by molar-refractivity contribution is 7.89. The Hall–Kier alpha value is -1.49. The minimum Gasteiger partial charge on any atom is -0.324 e. The monoisotopic (exact) mass is 294 g/mol. The molecule has 1 aliphatic carbocycles. The lowest BCUT2D eigenvalue weighted by molar-refractivity contribution is 0.296. The zero-order chi connectivity index (χ0) is 14.6. The molecule has 1 aromatic rings. The van der Waals surface area contributed by atoms with Crippen molar-refractivity contribution in [3.8, 4) is 6.07 Å². The number of nitrogens with one attached hydrogen (secondary N) is 1. The third-order valence-electron chi connectivity index (χ3n) is 3.62. The zero-order valence-corrected chi connectivity index (χ0v) is 12.0. The Labute approximate surface area is 119 Å². The van der Waals surface area contributed by atoms with Crippen molar-refractivity contribution < 1.29 is 8.42 Å². The molecule has 1 aliphatic rings. The number of pyridine rings is 1. The molecule has 108 valence electrons. The lowest BCUT2D eigenvalue weighted by Crippen LogP contribution is -2.51. The molecule has 0 atom stereocenters. The standard InChI is InChI=1S/C13H18N4O2S/c14-8-11-4-5-12(9-16-11)20(18,19)17-10-13(15)6-2-1-3-7-13/h4-5,9,17H,1-3,6-7,10,15H2. The molecule has 0 radical (unpaired) electrons. The van der Waals surface area contributed by atoms with Crippen LogP contribution in [0.25, 0.3) is 0 Å². The Bertz CT molecular complexity index is 598. The molecule has 0 bridgehead atoms. The molecule has 0 aliphatic heterocycles. The van der Waals surface area contributed by atoms with E-state index in [9.17, 15) is 8.42 Å². The molecular formula is C13H18N4O2S. The fourth-order valence-electron chi connectivity index (χ4n) is 2.36. The van der Waals surface area contributed by atoms with Crippen LogP contribution in [0.5, 0.6) is 0 Å². The Morgan fingerprint density at radius 3 is 2.60 bits per heavy atom. The van der Waals surface area contributed by atoms with Gasteiger partial charge in [-0.15, -0.1) is 0 Å². The second-order valence-corrected chi connectivity index (χ2v) is 7.01. The summed E-state index contributed by atoms with van der Waals surface area (Å²) >= 11 is 0. The molecule has 3 N–H and O–H groups in total. The summed E-state index contributed by atoms with van der Waals surface area (Å²) in [7, 11) is -3.62. The van der Waals surface area contributed by atoms with Gasteiger partial charge in [-0.25, -0.2) is 18.1 Å². The predicted molar refractivity (Wildman–Crippen MR) is 74.1 cm³/mol. The van der Waals surface area contributed by atoms with Crippen molar-refractivity contribution in [3.05, 3.63) is 24.0 Å². The van der Waals surface area contributed by atoms with Gasteiger partial charge >= 0.3 is 0 Å². The highest BCUT2D eigenvalue weighted by Crippen LogP contribution is 2.25. The van der Waals surface area contributed by atoms with Crippen LogP contribution in [0.4, 0.5) is 0 Å². The molecule has 0 saturated heterocycles. The second kappa shape index (κ2) is 5.87. The molecule has 1 saturated carbocycles. The highest BCUT2D eigenvalue weighted by Gasteiger charge is 2.29. The maximum absolute atomic E-state index is 12.1. The fraction of sp³-hybridized carbons (Fsp3) is 0.538. The molecule has 2 rings (SSSR count). The summed E-state index contributed by atoms with van der Waals surface area (Å²) < 4.78 is 26.8. The maximum Gasteiger partial charge on any atom is 0.242 e. The first-order chi connectivity index (χ1) is 9.45. The second-order valence-electron chi connectivity index (χ2n) is 5.24. The van der Waals surface area contributed by atoms with Gasteiger partial charge in [0.1, 0.15) is 16.7 Å². The number of hydrogen-bond acceptors (Lipinski definition) is 5. The molecule has 0 amide bonds. The van der Waals surface area contributed by atoms with Crippen LogP contribution in [-0.4, -0.2) is 25.5 Å². The first-order valence-electron chi connectivity index (χ1n) is 6.60. The van der Waals surface area contributed by atoms with Gasteiger partial charge in [0.25, 0.3) is 0 Å². The number of nitrogens with zero attached hydrogens (tertiary/aromatic N) is 2. The van der Waals surface area contributed by atoms with Gasteiger partial charge in [-0.05, 0) is 25.0 Å². The molecule has 1 aromatic heterocycles. The van der Waals surface area contributed by atoms with E-state index in [1.165, 1.54) is 18.3 Å². The van der Waals surface area contributed by atoms with Crippen molar-refractivity contribution in [2.45, 2.75) is 42.5 Å². The average molecular weight is 294 g/mol. The molecule has 7 heteroatoms. The molecule has 0 unspecified atom stereocenters. The van der Waals surface area contributed by atoms with E-state index in [1.54, 1.807) is 0 Å². The maximum atomic E-state index is 12.1. The molecule has 1 fully saturated rings.